The van der Waals surface area contributed by atoms with Gasteiger partial charge in [0, 0.05) is 6.04 Å². The van der Waals surface area contributed by atoms with E-state index in [1.165, 1.54) is 38.6 Å². The van der Waals surface area contributed by atoms with Gasteiger partial charge in [-0.1, -0.05) is 13.3 Å². The minimum atomic E-state index is 0.882. The van der Waals surface area contributed by atoms with E-state index >= 15 is 0 Å². The summed E-state index contributed by atoms with van der Waals surface area (Å²) in [6.45, 7) is 3.67. The fourth-order valence-corrected chi connectivity index (χ4v) is 2.69. The Labute approximate surface area is 69.6 Å². The lowest BCUT2D eigenvalue weighted by atomic mass is 9.75. The zero-order valence-corrected chi connectivity index (χ0v) is 7.47. The lowest BCUT2D eigenvalue weighted by Gasteiger charge is -2.38. The van der Waals surface area contributed by atoms with Crippen LogP contribution in [0.4, 0.5) is 0 Å². The van der Waals surface area contributed by atoms with Crippen molar-refractivity contribution in [3.63, 3.8) is 0 Å². The number of hydrogen-bond acceptors (Lipinski definition) is 1. The highest BCUT2D eigenvalue weighted by atomic mass is 14.9. The maximum atomic E-state index is 3.65. The molecular formula is C10H19N. The summed E-state index contributed by atoms with van der Waals surface area (Å²) in [4.78, 5) is 0. The van der Waals surface area contributed by atoms with E-state index in [-0.39, 0.29) is 0 Å². The molecule has 3 atom stereocenters. The van der Waals surface area contributed by atoms with Crippen LogP contribution in [0, 0.1) is 11.8 Å². The molecule has 64 valence electrons. The van der Waals surface area contributed by atoms with E-state index in [4.69, 9.17) is 0 Å². The van der Waals surface area contributed by atoms with Crippen LogP contribution in [-0.4, -0.2) is 12.6 Å². The molecule has 2 aliphatic rings. The van der Waals surface area contributed by atoms with Gasteiger partial charge in [0.2, 0.25) is 0 Å². The second-order valence-corrected chi connectivity index (χ2v) is 4.38. The van der Waals surface area contributed by atoms with Gasteiger partial charge in [-0.2, -0.15) is 0 Å². The fourth-order valence-electron chi connectivity index (χ4n) is 2.69. The van der Waals surface area contributed by atoms with Crippen molar-refractivity contribution in [2.24, 2.45) is 11.8 Å². The summed E-state index contributed by atoms with van der Waals surface area (Å²) in [5.41, 5.74) is 0. The molecule has 1 saturated carbocycles. The first kappa shape index (κ1) is 7.60. The molecule has 0 aromatic rings. The van der Waals surface area contributed by atoms with E-state index < -0.39 is 0 Å². The molecular weight excluding hydrogens is 134 g/mol. The monoisotopic (exact) mass is 153 g/mol. The number of nitrogens with one attached hydrogen (secondary N) is 1. The fraction of sp³-hybridized carbons (Fsp3) is 1.00. The third kappa shape index (κ3) is 1.58. The quantitative estimate of drug-likeness (QED) is 0.562. The van der Waals surface area contributed by atoms with Gasteiger partial charge in [0.1, 0.15) is 0 Å². The molecule has 0 aromatic heterocycles. The predicted molar refractivity (Wildman–Crippen MR) is 47.5 cm³/mol. The minimum Gasteiger partial charge on any atom is -0.314 e. The Morgan fingerprint density at radius 1 is 1.18 bits per heavy atom. The second kappa shape index (κ2) is 3.14. The molecule has 2 rings (SSSR count). The van der Waals surface area contributed by atoms with Crippen LogP contribution in [0.1, 0.15) is 39.0 Å². The standard InChI is InChI=1S/C10H19N/c1-8-4-5-9-3-2-6-11-10(9)7-8/h8-11H,2-7H2,1H3/t8-,9-,10-/m1/s1. The van der Waals surface area contributed by atoms with Crippen molar-refractivity contribution in [3.8, 4) is 0 Å². The second-order valence-electron chi connectivity index (χ2n) is 4.38. The number of hydrogen-bond donors (Lipinski definition) is 1. The molecule has 0 spiro atoms. The first-order chi connectivity index (χ1) is 5.36. The average molecular weight is 153 g/mol. The molecule has 1 heteroatoms. The highest BCUT2D eigenvalue weighted by molar-refractivity contribution is 4.86. The molecule has 1 aliphatic heterocycles. The average Bonchev–Trinajstić information content (AvgIpc) is 2.04. The first-order valence-electron chi connectivity index (χ1n) is 5.09. The number of rotatable bonds is 0. The zero-order chi connectivity index (χ0) is 7.68. The summed E-state index contributed by atoms with van der Waals surface area (Å²) >= 11 is 0. The number of piperidine rings is 1. The van der Waals surface area contributed by atoms with Gasteiger partial charge in [-0.05, 0) is 44.1 Å². The maximum Gasteiger partial charge on any atom is 0.00978 e. The van der Waals surface area contributed by atoms with Crippen molar-refractivity contribution in [1.82, 2.24) is 5.32 Å². The summed E-state index contributed by atoms with van der Waals surface area (Å²) in [6, 6.07) is 0.882. The van der Waals surface area contributed by atoms with Crippen LogP contribution in [0.2, 0.25) is 0 Å². The van der Waals surface area contributed by atoms with Crippen LogP contribution < -0.4 is 5.32 Å². The molecule has 2 fully saturated rings. The van der Waals surface area contributed by atoms with Gasteiger partial charge in [-0.15, -0.1) is 0 Å². The van der Waals surface area contributed by atoms with Crippen LogP contribution in [0.5, 0.6) is 0 Å². The van der Waals surface area contributed by atoms with Crippen LogP contribution in [0.25, 0.3) is 0 Å². The van der Waals surface area contributed by atoms with Crippen molar-refractivity contribution in [2.75, 3.05) is 6.54 Å². The molecule has 0 amide bonds. The summed E-state index contributed by atoms with van der Waals surface area (Å²) < 4.78 is 0. The van der Waals surface area contributed by atoms with E-state index in [1.807, 2.05) is 0 Å². The molecule has 0 aromatic carbocycles. The van der Waals surface area contributed by atoms with Gasteiger partial charge >= 0.3 is 0 Å². The van der Waals surface area contributed by atoms with Crippen molar-refractivity contribution in [2.45, 2.75) is 45.1 Å². The van der Waals surface area contributed by atoms with Crippen molar-refractivity contribution < 1.29 is 0 Å². The Hall–Kier alpha value is -0.0400. The minimum absolute atomic E-state index is 0.882. The zero-order valence-electron chi connectivity index (χ0n) is 7.47. The molecule has 1 heterocycles. The van der Waals surface area contributed by atoms with E-state index in [2.05, 4.69) is 12.2 Å². The molecule has 1 nitrogen and oxygen atoms in total. The van der Waals surface area contributed by atoms with Crippen LogP contribution in [-0.2, 0) is 0 Å². The van der Waals surface area contributed by atoms with Gasteiger partial charge in [0.25, 0.3) is 0 Å². The van der Waals surface area contributed by atoms with Gasteiger partial charge < -0.3 is 5.32 Å². The largest absolute Gasteiger partial charge is 0.314 e. The Kier molecular flexibility index (Phi) is 2.17. The van der Waals surface area contributed by atoms with Gasteiger partial charge in [0.05, 0.1) is 0 Å². The molecule has 0 radical (unpaired) electrons. The Bertz CT molecular complexity index is 133. The summed E-state index contributed by atoms with van der Waals surface area (Å²) in [7, 11) is 0. The normalized spacial score (nSPS) is 45.0. The smallest absolute Gasteiger partial charge is 0.00978 e. The van der Waals surface area contributed by atoms with Crippen molar-refractivity contribution in [1.29, 1.82) is 0 Å². The molecule has 0 unspecified atom stereocenters. The summed E-state index contributed by atoms with van der Waals surface area (Å²) in [6.07, 6.45) is 7.30. The lowest BCUT2D eigenvalue weighted by Crippen LogP contribution is -2.44. The van der Waals surface area contributed by atoms with E-state index in [1.54, 1.807) is 0 Å². The maximum absolute atomic E-state index is 3.65. The third-order valence-corrected chi connectivity index (χ3v) is 3.41. The third-order valence-electron chi connectivity index (χ3n) is 3.41. The molecule has 1 aliphatic carbocycles. The lowest BCUT2D eigenvalue weighted by molar-refractivity contribution is 0.175. The van der Waals surface area contributed by atoms with Crippen LogP contribution in [0.3, 0.4) is 0 Å². The van der Waals surface area contributed by atoms with Gasteiger partial charge in [-0.3, -0.25) is 0 Å². The predicted octanol–water partition coefficient (Wildman–Crippen LogP) is 2.17. The molecule has 1 saturated heterocycles. The SMILES string of the molecule is C[C@@H]1CC[C@H]2CCCN[C@@H]2C1. The molecule has 11 heavy (non-hydrogen) atoms. The summed E-state index contributed by atoms with van der Waals surface area (Å²) in [5.74, 6) is 2.00. The topological polar surface area (TPSA) is 12.0 Å². The summed E-state index contributed by atoms with van der Waals surface area (Å²) in [5, 5.41) is 3.65. The first-order valence-corrected chi connectivity index (χ1v) is 5.09. The molecule has 1 N–H and O–H groups in total. The van der Waals surface area contributed by atoms with Gasteiger partial charge in [0.15, 0.2) is 0 Å². The number of fused-ring (bicyclic) bond motifs is 1. The Balaban J connectivity index is 1.93. The molecule has 0 bridgehead atoms. The van der Waals surface area contributed by atoms with Crippen molar-refractivity contribution in [3.05, 3.63) is 0 Å². The van der Waals surface area contributed by atoms with Gasteiger partial charge in [-0.25, -0.2) is 0 Å². The van der Waals surface area contributed by atoms with Crippen molar-refractivity contribution >= 4 is 0 Å². The Morgan fingerprint density at radius 2 is 2.09 bits per heavy atom. The Morgan fingerprint density at radius 3 is 3.00 bits per heavy atom. The van der Waals surface area contributed by atoms with Crippen LogP contribution >= 0.6 is 0 Å². The van der Waals surface area contributed by atoms with E-state index in [0.29, 0.717) is 0 Å². The van der Waals surface area contributed by atoms with E-state index in [9.17, 15) is 0 Å². The highest BCUT2D eigenvalue weighted by Crippen LogP contribution is 2.33. The van der Waals surface area contributed by atoms with Crippen LogP contribution in [0.15, 0.2) is 0 Å². The highest BCUT2D eigenvalue weighted by Gasteiger charge is 2.29. The van der Waals surface area contributed by atoms with E-state index in [0.717, 1.165) is 17.9 Å².